The van der Waals surface area contributed by atoms with E-state index < -0.39 is 5.92 Å². The molecule has 0 aliphatic heterocycles. The summed E-state index contributed by atoms with van der Waals surface area (Å²) in [6.45, 7) is 10.9. The van der Waals surface area contributed by atoms with E-state index in [2.05, 4.69) is 26.1 Å². The number of nitrogens with one attached hydrogen (secondary N) is 1. The molecule has 0 bridgehead atoms. The topological polar surface area (TPSA) is 81.7 Å². The van der Waals surface area contributed by atoms with Gasteiger partial charge >= 0.3 is 11.9 Å². The van der Waals surface area contributed by atoms with Gasteiger partial charge in [-0.15, -0.1) is 0 Å². The molecule has 0 aromatic heterocycles. The lowest BCUT2D eigenvalue weighted by molar-refractivity contribution is -0.147. The summed E-state index contributed by atoms with van der Waals surface area (Å²) in [5, 5.41) is 2.95. The fraction of sp³-hybridized carbons (Fsp3) is 0.640. The van der Waals surface area contributed by atoms with Crippen LogP contribution in [-0.2, 0) is 30.5 Å². The molecule has 1 aromatic rings. The Morgan fingerprint density at radius 1 is 1.09 bits per heavy atom. The van der Waals surface area contributed by atoms with Gasteiger partial charge in [0.05, 0.1) is 25.4 Å². The van der Waals surface area contributed by atoms with Crippen molar-refractivity contribution < 1.29 is 23.9 Å². The number of unbranched alkanes of at least 4 members (excludes halogenated alkanes) is 1. The Kier molecular flexibility index (Phi) is 13.6. The molecule has 1 amide bonds. The number of hydrogen-bond acceptors (Lipinski definition) is 7. The van der Waals surface area contributed by atoms with Crippen LogP contribution in [0.25, 0.3) is 0 Å². The second-order valence-electron chi connectivity index (χ2n) is 9.24. The predicted molar refractivity (Wildman–Crippen MR) is 137 cm³/mol. The fourth-order valence-corrected chi connectivity index (χ4v) is 5.49. The fourth-order valence-electron chi connectivity index (χ4n) is 2.88. The van der Waals surface area contributed by atoms with Gasteiger partial charge in [0.15, 0.2) is 0 Å². The van der Waals surface area contributed by atoms with Crippen molar-refractivity contribution in [2.75, 3.05) is 19.4 Å². The molecular weight excluding hydrogens is 458 g/mol. The van der Waals surface area contributed by atoms with Gasteiger partial charge in [0.25, 0.3) is 0 Å². The maximum absolute atomic E-state index is 12.8. The number of amides is 1. The number of esters is 2. The van der Waals surface area contributed by atoms with E-state index in [0.29, 0.717) is 12.3 Å². The van der Waals surface area contributed by atoms with Crippen molar-refractivity contribution in [3.8, 4) is 0 Å². The van der Waals surface area contributed by atoms with Crippen LogP contribution in [0.15, 0.2) is 24.3 Å². The minimum atomic E-state index is -0.454. The molecule has 0 aliphatic carbocycles. The zero-order valence-corrected chi connectivity index (χ0v) is 22.4. The van der Waals surface area contributed by atoms with Crippen molar-refractivity contribution in [1.29, 1.82) is 0 Å². The van der Waals surface area contributed by atoms with E-state index in [1.165, 1.54) is 7.11 Å². The number of methoxy groups -OCH3 is 1. The highest BCUT2D eigenvalue weighted by Crippen LogP contribution is 2.36. The van der Waals surface area contributed by atoms with Crippen LogP contribution in [0, 0.1) is 18.8 Å². The second-order valence-corrected chi connectivity index (χ2v) is 12.4. The minimum absolute atomic E-state index is 0.0504. The molecule has 0 radical (unpaired) electrons. The molecule has 0 heterocycles. The van der Waals surface area contributed by atoms with Gasteiger partial charge in [-0.1, -0.05) is 85.5 Å². The third kappa shape index (κ3) is 13.6. The summed E-state index contributed by atoms with van der Waals surface area (Å²) < 4.78 is 10.2. The van der Waals surface area contributed by atoms with E-state index >= 15 is 0 Å². The van der Waals surface area contributed by atoms with Crippen LogP contribution >= 0.6 is 21.6 Å². The highest BCUT2D eigenvalue weighted by molar-refractivity contribution is 8.77. The number of hydrogen-bond donors (Lipinski definition) is 1. The second kappa shape index (κ2) is 15.3. The molecule has 0 saturated carbocycles. The summed E-state index contributed by atoms with van der Waals surface area (Å²) in [7, 11) is 4.69. The third-order valence-corrected chi connectivity index (χ3v) is 8.27. The van der Waals surface area contributed by atoms with Crippen molar-refractivity contribution in [3.63, 3.8) is 0 Å². The molecule has 0 fully saturated rings. The molecule has 0 saturated heterocycles. The monoisotopic (exact) mass is 497 g/mol. The zero-order chi connectivity index (χ0) is 24.9. The molecule has 1 unspecified atom stereocenters. The molecule has 0 spiro atoms. The molecule has 186 valence electrons. The highest BCUT2D eigenvalue weighted by atomic mass is 33.1. The van der Waals surface area contributed by atoms with Crippen LogP contribution in [-0.4, -0.2) is 42.0 Å². The van der Waals surface area contributed by atoms with E-state index in [9.17, 15) is 14.4 Å². The van der Waals surface area contributed by atoms with Gasteiger partial charge in [-0.05, 0) is 25.3 Å². The first-order valence-electron chi connectivity index (χ1n) is 11.4. The Hall–Kier alpha value is -1.67. The van der Waals surface area contributed by atoms with Gasteiger partial charge in [0.1, 0.15) is 6.61 Å². The quantitative estimate of drug-likeness (QED) is 0.212. The largest absolute Gasteiger partial charge is 0.469 e. The van der Waals surface area contributed by atoms with Gasteiger partial charge in [-0.2, -0.15) is 0 Å². The summed E-state index contributed by atoms with van der Waals surface area (Å²) in [5.74, 6) is -0.782. The normalized spacial score (nSPS) is 13.2. The molecule has 1 N–H and O–H groups in total. The number of aryl methyl sites for hydroxylation is 1. The van der Waals surface area contributed by atoms with E-state index in [1.807, 2.05) is 38.1 Å². The molecule has 6 nitrogen and oxygen atoms in total. The first kappa shape index (κ1) is 29.4. The minimum Gasteiger partial charge on any atom is -0.469 e. The standard InChI is InChI=1S/C25H39NO5S2/c1-18-10-12-20(13-11-18)16-31-22(27)15-21(17-32-33-25(3,4)5)23(28)26-14-8-7-9-19(2)24(29)30-6/h10-13,19,21H,7-9,14-17H2,1-6H3,(H,26,28)/t19-,21?/m0/s1. The Labute approximate surface area is 206 Å². The molecule has 1 rings (SSSR count). The summed E-state index contributed by atoms with van der Waals surface area (Å²) in [6, 6.07) is 7.82. The van der Waals surface area contributed by atoms with Gasteiger partial charge in [-0.3, -0.25) is 14.4 Å². The molecule has 8 heteroatoms. The molecule has 1 aromatic carbocycles. The average Bonchev–Trinajstić information content (AvgIpc) is 2.76. The van der Waals surface area contributed by atoms with Crippen LogP contribution < -0.4 is 5.32 Å². The summed E-state index contributed by atoms with van der Waals surface area (Å²) in [4.78, 5) is 36.7. The van der Waals surface area contributed by atoms with Crippen LogP contribution in [0.5, 0.6) is 0 Å². The van der Waals surface area contributed by atoms with Crippen LogP contribution in [0.2, 0.25) is 0 Å². The summed E-state index contributed by atoms with van der Waals surface area (Å²) >= 11 is 0. The summed E-state index contributed by atoms with van der Waals surface area (Å²) in [5.41, 5.74) is 2.07. The predicted octanol–water partition coefficient (Wildman–Crippen LogP) is 5.32. The number of ether oxygens (including phenoxy) is 2. The van der Waals surface area contributed by atoms with Crippen molar-refractivity contribution in [2.45, 2.75) is 71.7 Å². The van der Waals surface area contributed by atoms with Crippen molar-refractivity contribution >= 4 is 39.4 Å². The lowest BCUT2D eigenvalue weighted by Crippen LogP contribution is -2.34. The summed E-state index contributed by atoms with van der Waals surface area (Å²) in [6.07, 6.45) is 2.35. The van der Waals surface area contributed by atoms with Crippen LogP contribution in [0.1, 0.15) is 64.5 Å². The smallest absolute Gasteiger partial charge is 0.308 e. The Bertz CT molecular complexity index is 746. The zero-order valence-electron chi connectivity index (χ0n) is 20.8. The number of rotatable bonds is 14. The van der Waals surface area contributed by atoms with Crippen LogP contribution in [0.4, 0.5) is 0 Å². The lowest BCUT2D eigenvalue weighted by Gasteiger charge is -2.20. The maximum atomic E-state index is 12.8. The van der Waals surface area contributed by atoms with Gasteiger partial charge in [-0.25, -0.2) is 0 Å². The van der Waals surface area contributed by atoms with E-state index in [4.69, 9.17) is 9.47 Å². The first-order chi connectivity index (χ1) is 15.5. The Morgan fingerprint density at radius 2 is 1.76 bits per heavy atom. The number of benzene rings is 1. The molecular formula is C25H39NO5S2. The number of carbonyl (C=O) groups is 3. The first-order valence-corrected chi connectivity index (χ1v) is 13.7. The van der Waals surface area contributed by atoms with Gasteiger partial charge in [0.2, 0.25) is 5.91 Å². The van der Waals surface area contributed by atoms with Crippen molar-refractivity contribution in [3.05, 3.63) is 35.4 Å². The molecule has 2 atom stereocenters. The van der Waals surface area contributed by atoms with E-state index in [1.54, 1.807) is 21.6 Å². The Morgan fingerprint density at radius 3 is 2.36 bits per heavy atom. The van der Waals surface area contributed by atoms with E-state index in [0.717, 1.165) is 30.4 Å². The van der Waals surface area contributed by atoms with E-state index in [-0.39, 0.29) is 41.5 Å². The maximum Gasteiger partial charge on any atom is 0.308 e. The third-order valence-electron chi connectivity index (χ3n) is 4.85. The van der Waals surface area contributed by atoms with Crippen LogP contribution in [0.3, 0.4) is 0 Å². The Balaban J connectivity index is 2.51. The average molecular weight is 498 g/mol. The van der Waals surface area contributed by atoms with Gasteiger partial charge < -0.3 is 14.8 Å². The van der Waals surface area contributed by atoms with Crippen molar-refractivity contribution in [1.82, 2.24) is 5.32 Å². The SMILES string of the molecule is COC(=O)[C@@H](C)CCCCNC(=O)C(CSSC(C)(C)C)CC(=O)OCc1ccc(C)cc1. The molecule has 33 heavy (non-hydrogen) atoms. The lowest BCUT2D eigenvalue weighted by atomic mass is 10.0. The number of carbonyl (C=O) groups excluding carboxylic acids is 3. The highest BCUT2D eigenvalue weighted by Gasteiger charge is 2.24. The van der Waals surface area contributed by atoms with Gasteiger partial charge in [0, 0.05) is 17.0 Å². The molecule has 0 aliphatic rings. The van der Waals surface area contributed by atoms with Crippen molar-refractivity contribution in [2.24, 2.45) is 11.8 Å².